The lowest BCUT2D eigenvalue weighted by Crippen LogP contribution is -1.87. The summed E-state index contributed by atoms with van der Waals surface area (Å²) in [5.74, 6) is 0. The van der Waals surface area contributed by atoms with E-state index in [4.69, 9.17) is 0 Å². The van der Waals surface area contributed by atoms with Crippen LogP contribution in [0.25, 0.3) is 22.3 Å². The minimum atomic E-state index is 1.04. The highest BCUT2D eigenvalue weighted by molar-refractivity contribution is 5.84. The Morgan fingerprint density at radius 2 is 1.58 bits per heavy atom. The van der Waals surface area contributed by atoms with Crippen LogP contribution in [0.5, 0.6) is 0 Å². The third kappa shape index (κ3) is 1.61. The predicted molar refractivity (Wildman–Crippen MR) is 79.0 cm³/mol. The summed E-state index contributed by atoms with van der Waals surface area (Å²) in [5.41, 5.74) is 8.25. The molecule has 0 atom stereocenters. The molecule has 89 valence electrons. The van der Waals surface area contributed by atoms with Gasteiger partial charge in [-0.1, -0.05) is 60.7 Å². The fourth-order valence-electron chi connectivity index (χ4n) is 2.99. The van der Waals surface area contributed by atoms with Crippen LogP contribution in [-0.4, -0.2) is 0 Å². The molecule has 0 nitrogen and oxygen atoms in total. The van der Waals surface area contributed by atoms with E-state index in [9.17, 15) is 0 Å². The van der Waals surface area contributed by atoms with E-state index in [0.717, 1.165) is 6.42 Å². The van der Waals surface area contributed by atoms with Crippen LogP contribution in [0.2, 0.25) is 0 Å². The van der Waals surface area contributed by atoms with Gasteiger partial charge in [-0.3, -0.25) is 0 Å². The molecule has 4 rings (SSSR count). The van der Waals surface area contributed by atoms with E-state index >= 15 is 0 Å². The maximum Gasteiger partial charge on any atom is -0.000729 e. The lowest BCUT2D eigenvalue weighted by Gasteiger charge is -2.08. The summed E-state index contributed by atoms with van der Waals surface area (Å²) in [7, 11) is 0. The number of rotatable bonds is 1. The molecule has 0 saturated carbocycles. The molecule has 0 heteroatoms. The minimum Gasteiger partial charge on any atom is -0.0619 e. The summed E-state index contributed by atoms with van der Waals surface area (Å²) in [6.07, 6.45) is 1.04. The van der Waals surface area contributed by atoms with E-state index in [2.05, 4.69) is 66.7 Å². The van der Waals surface area contributed by atoms with Crippen molar-refractivity contribution in [2.24, 2.45) is 0 Å². The van der Waals surface area contributed by atoms with Crippen LogP contribution in [-0.2, 0) is 6.42 Å². The molecule has 1 aliphatic rings. The minimum absolute atomic E-state index is 1.04. The van der Waals surface area contributed by atoms with E-state index < -0.39 is 0 Å². The molecule has 0 aliphatic heterocycles. The second kappa shape index (κ2) is 4.10. The van der Waals surface area contributed by atoms with Crippen molar-refractivity contribution < 1.29 is 0 Å². The summed E-state index contributed by atoms with van der Waals surface area (Å²) < 4.78 is 0. The zero-order chi connectivity index (χ0) is 12.7. The number of hydrogen-bond acceptors (Lipinski definition) is 0. The van der Waals surface area contributed by atoms with Crippen LogP contribution in [0, 0.1) is 6.07 Å². The molecule has 0 amide bonds. The van der Waals surface area contributed by atoms with Gasteiger partial charge in [0, 0.05) is 0 Å². The molecule has 0 N–H and O–H groups in total. The molecule has 0 heterocycles. The average molecular weight is 241 g/mol. The Kier molecular flexibility index (Phi) is 2.28. The zero-order valence-corrected chi connectivity index (χ0v) is 10.6. The first-order valence-electron chi connectivity index (χ1n) is 6.60. The SMILES string of the molecule is [c]1cccc(-c2cccc3c2Cc2ccccc2-3)c1. The normalized spacial score (nSPS) is 12.0. The van der Waals surface area contributed by atoms with Gasteiger partial charge in [0.2, 0.25) is 0 Å². The Labute approximate surface area is 113 Å². The highest BCUT2D eigenvalue weighted by atomic mass is 14.2. The average Bonchev–Trinajstić information content (AvgIpc) is 2.87. The van der Waals surface area contributed by atoms with E-state index in [1.54, 1.807) is 0 Å². The summed E-state index contributed by atoms with van der Waals surface area (Å²) in [5, 5.41) is 0. The predicted octanol–water partition coefficient (Wildman–Crippen LogP) is 4.72. The Hall–Kier alpha value is -2.34. The molecule has 19 heavy (non-hydrogen) atoms. The van der Waals surface area contributed by atoms with Crippen molar-refractivity contribution in [3.63, 3.8) is 0 Å². The van der Waals surface area contributed by atoms with Gasteiger partial charge >= 0.3 is 0 Å². The van der Waals surface area contributed by atoms with Crippen molar-refractivity contribution in [1.82, 2.24) is 0 Å². The van der Waals surface area contributed by atoms with E-state index in [-0.39, 0.29) is 0 Å². The Balaban J connectivity index is 1.95. The van der Waals surface area contributed by atoms with Crippen LogP contribution in [0.3, 0.4) is 0 Å². The smallest absolute Gasteiger partial charge is 0.000729 e. The second-order valence-corrected chi connectivity index (χ2v) is 4.96. The fourth-order valence-corrected chi connectivity index (χ4v) is 2.99. The molecule has 3 aromatic rings. The van der Waals surface area contributed by atoms with Crippen LogP contribution >= 0.6 is 0 Å². The van der Waals surface area contributed by atoms with Gasteiger partial charge in [-0.15, -0.1) is 0 Å². The van der Waals surface area contributed by atoms with Crippen LogP contribution in [0.15, 0.2) is 66.7 Å². The maximum atomic E-state index is 3.17. The van der Waals surface area contributed by atoms with Crippen molar-refractivity contribution in [3.8, 4) is 22.3 Å². The number of fused-ring (bicyclic) bond motifs is 3. The molecule has 0 unspecified atom stereocenters. The van der Waals surface area contributed by atoms with Gasteiger partial charge in [0.15, 0.2) is 0 Å². The van der Waals surface area contributed by atoms with Crippen molar-refractivity contribution in [2.45, 2.75) is 6.42 Å². The van der Waals surface area contributed by atoms with Crippen molar-refractivity contribution >= 4 is 0 Å². The maximum absolute atomic E-state index is 3.17. The highest BCUT2D eigenvalue weighted by Crippen LogP contribution is 2.41. The molecular formula is C19H13. The fraction of sp³-hybridized carbons (Fsp3) is 0.0526. The summed E-state index contributed by atoms with van der Waals surface area (Å²) in [6.45, 7) is 0. The van der Waals surface area contributed by atoms with Crippen LogP contribution in [0.1, 0.15) is 11.1 Å². The first-order valence-corrected chi connectivity index (χ1v) is 6.60. The Morgan fingerprint density at radius 3 is 2.47 bits per heavy atom. The van der Waals surface area contributed by atoms with Gasteiger partial charge in [0.25, 0.3) is 0 Å². The van der Waals surface area contributed by atoms with Crippen molar-refractivity contribution in [3.05, 3.63) is 83.9 Å². The molecule has 0 bridgehead atoms. The highest BCUT2D eigenvalue weighted by Gasteiger charge is 2.20. The number of benzene rings is 3. The molecule has 0 fully saturated rings. The van der Waals surface area contributed by atoms with Crippen molar-refractivity contribution in [2.75, 3.05) is 0 Å². The molecule has 1 radical (unpaired) electrons. The second-order valence-electron chi connectivity index (χ2n) is 4.96. The first-order chi connectivity index (χ1) is 9.43. The molecule has 3 aromatic carbocycles. The standard InChI is InChI=1S/C19H13/c1-2-7-14(8-3-1)16-11-6-12-18-17-10-5-4-9-15(17)13-19(16)18/h1-2,4-12H,13H2. The van der Waals surface area contributed by atoms with Gasteiger partial charge in [-0.05, 0) is 51.9 Å². The molecule has 0 saturated heterocycles. The summed E-state index contributed by atoms with van der Waals surface area (Å²) in [6, 6.07) is 26.7. The molecule has 0 spiro atoms. The third-order valence-corrected chi connectivity index (χ3v) is 3.87. The quantitative estimate of drug-likeness (QED) is 0.452. The van der Waals surface area contributed by atoms with Gasteiger partial charge in [-0.25, -0.2) is 0 Å². The van der Waals surface area contributed by atoms with E-state index in [0.29, 0.717) is 0 Å². The third-order valence-electron chi connectivity index (χ3n) is 3.87. The molecule has 0 aromatic heterocycles. The largest absolute Gasteiger partial charge is 0.0619 e. The van der Waals surface area contributed by atoms with Gasteiger partial charge in [0.05, 0.1) is 0 Å². The lowest BCUT2D eigenvalue weighted by atomic mass is 9.96. The van der Waals surface area contributed by atoms with Gasteiger partial charge in [0.1, 0.15) is 0 Å². The molecular weight excluding hydrogens is 228 g/mol. The van der Waals surface area contributed by atoms with Gasteiger partial charge < -0.3 is 0 Å². The van der Waals surface area contributed by atoms with Crippen molar-refractivity contribution in [1.29, 1.82) is 0 Å². The van der Waals surface area contributed by atoms with Crippen LogP contribution < -0.4 is 0 Å². The Bertz CT molecular complexity index is 739. The summed E-state index contributed by atoms with van der Waals surface area (Å²) >= 11 is 0. The number of hydrogen-bond donors (Lipinski definition) is 0. The van der Waals surface area contributed by atoms with Crippen LogP contribution in [0.4, 0.5) is 0 Å². The monoisotopic (exact) mass is 241 g/mol. The molecule has 1 aliphatic carbocycles. The lowest BCUT2D eigenvalue weighted by molar-refractivity contribution is 1.26. The van der Waals surface area contributed by atoms with Gasteiger partial charge in [-0.2, -0.15) is 0 Å². The zero-order valence-electron chi connectivity index (χ0n) is 10.6. The first kappa shape index (κ1) is 10.6. The van der Waals surface area contributed by atoms with E-state index in [1.165, 1.54) is 33.4 Å². The Morgan fingerprint density at radius 1 is 0.737 bits per heavy atom. The van der Waals surface area contributed by atoms with E-state index in [1.807, 2.05) is 6.07 Å². The topological polar surface area (TPSA) is 0 Å². The summed E-state index contributed by atoms with van der Waals surface area (Å²) in [4.78, 5) is 0.